The summed E-state index contributed by atoms with van der Waals surface area (Å²) in [6, 6.07) is 10.5. The van der Waals surface area contributed by atoms with E-state index in [4.69, 9.17) is 4.98 Å². The number of aryl methyl sites for hydroxylation is 2. The Kier molecular flexibility index (Phi) is 9.63. The van der Waals surface area contributed by atoms with Crippen LogP contribution in [-0.4, -0.2) is 68.8 Å². The van der Waals surface area contributed by atoms with E-state index in [2.05, 4.69) is 24.0 Å². The minimum Gasteiger partial charge on any atom is -0.309 e. The molecule has 0 atom stereocenters. The van der Waals surface area contributed by atoms with Crippen molar-refractivity contribution in [3.05, 3.63) is 53.1 Å². The van der Waals surface area contributed by atoms with Crippen LogP contribution in [0.1, 0.15) is 54.6 Å². The van der Waals surface area contributed by atoms with Gasteiger partial charge in [0.25, 0.3) is 5.91 Å². The predicted molar refractivity (Wildman–Crippen MR) is 150 cm³/mol. The summed E-state index contributed by atoms with van der Waals surface area (Å²) >= 11 is 1.52. The molecule has 1 heterocycles. The van der Waals surface area contributed by atoms with Crippen LogP contribution in [-0.2, 0) is 10.0 Å². The van der Waals surface area contributed by atoms with Crippen molar-refractivity contribution in [1.82, 2.24) is 14.2 Å². The van der Waals surface area contributed by atoms with Crippen molar-refractivity contribution < 1.29 is 13.2 Å². The van der Waals surface area contributed by atoms with Crippen molar-refractivity contribution in [3.8, 4) is 0 Å². The summed E-state index contributed by atoms with van der Waals surface area (Å²) in [4.78, 5) is 22.5. The minimum absolute atomic E-state index is 0.176. The van der Waals surface area contributed by atoms with Gasteiger partial charge in [-0.15, -0.1) is 0 Å². The average molecular weight is 531 g/mol. The van der Waals surface area contributed by atoms with Gasteiger partial charge in [0.2, 0.25) is 10.0 Å². The molecule has 2 aromatic carbocycles. The molecule has 1 amide bonds. The predicted octanol–water partition coefficient (Wildman–Crippen LogP) is 5.32. The third-order valence-corrected chi connectivity index (χ3v) is 9.15. The fourth-order valence-corrected chi connectivity index (χ4v) is 6.81. The molecule has 3 aromatic rings. The second-order valence-corrected chi connectivity index (χ2v) is 12.4. The number of carbonyl (C=O) groups excluding carboxylic acids is 1. The summed E-state index contributed by atoms with van der Waals surface area (Å²) in [7, 11) is 0.423. The van der Waals surface area contributed by atoms with E-state index in [-0.39, 0.29) is 10.8 Å². The molecule has 0 unspecified atom stereocenters. The molecule has 0 spiro atoms. The van der Waals surface area contributed by atoms with Crippen LogP contribution in [0, 0.1) is 13.8 Å². The molecule has 3 rings (SSSR count). The number of amides is 1. The lowest BCUT2D eigenvalue weighted by Crippen LogP contribution is -2.34. The Labute approximate surface area is 219 Å². The number of sulfonamides is 1. The van der Waals surface area contributed by atoms with Crippen molar-refractivity contribution in [3.63, 3.8) is 0 Å². The summed E-state index contributed by atoms with van der Waals surface area (Å²) in [5, 5.41) is 0.663. The minimum atomic E-state index is -3.60. The number of hydrogen-bond acceptors (Lipinski definition) is 6. The Morgan fingerprint density at radius 2 is 1.67 bits per heavy atom. The Bertz CT molecular complexity index is 1280. The summed E-state index contributed by atoms with van der Waals surface area (Å²) in [5.41, 5.74) is 3.62. The molecule has 196 valence electrons. The van der Waals surface area contributed by atoms with E-state index in [0.717, 1.165) is 47.2 Å². The van der Waals surface area contributed by atoms with Gasteiger partial charge in [0.05, 0.1) is 15.1 Å². The highest BCUT2D eigenvalue weighted by atomic mass is 32.2. The molecule has 1 aromatic heterocycles. The van der Waals surface area contributed by atoms with Gasteiger partial charge in [0.1, 0.15) is 0 Å². The van der Waals surface area contributed by atoms with E-state index in [0.29, 0.717) is 30.3 Å². The molecule has 0 saturated carbocycles. The number of unbranched alkanes of at least 4 members (excludes halogenated alkanes) is 1. The SMILES string of the molecule is CCCCN(CC)S(=O)(=O)c1ccc(C(=O)N(CCCN(C)C)c2nc3c(C)cc(C)cc3s2)cc1. The zero-order valence-electron chi connectivity index (χ0n) is 22.2. The van der Waals surface area contributed by atoms with E-state index < -0.39 is 10.0 Å². The van der Waals surface area contributed by atoms with E-state index in [9.17, 15) is 13.2 Å². The highest BCUT2D eigenvalue weighted by molar-refractivity contribution is 7.89. The quantitative estimate of drug-likeness (QED) is 0.317. The van der Waals surface area contributed by atoms with Crippen LogP contribution in [0.5, 0.6) is 0 Å². The summed E-state index contributed by atoms with van der Waals surface area (Å²) < 4.78 is 28.7. The maximum absolute atomic E-state index is 13.7. The molecule has 0 bridgehead atoms. The van der Waals surface area contributed by atoms with Crippen LogP contribution in [0.3, 0.4) is 0 Å². The molecule has 0 saturated heterocycles. The number of benzene rings is 2. The van der Waals surface area contributed by atoms with Crippen LogP contribution in [0.4, 0.5) is 5.13 Å². The summed E-state index contributed by atoms with van der Waals surface area (Å²) in [5.74, 6) is -0.176. The van der Waals surface area contributed by atoms with Crippen LogP contribution < -0.4 is 4.90 Å². The Hall–Kier alpha value is -2.33. The molecule has 0 N–H and O–H groups in total. The van der Waals surface area contributed by atoms with Gasteiger partial charge in [-0.25, -0.2) is 13.4 Å². The monoisotopic (exact) mass is 530 g/mol. The van der Waals surface area contributed by atoms with E-state index in [1.165, 1.54) is 15.6 Å². The van der Waals surface area contributed by atoms with E-state index >= 15 is 0 Å². The Morgan fingerprint density at radius 3 is 2.28 bits per heavy atom. The largest absolute Gasteiger partial charge is 0.309 e. The van der Waals surface area contributed by atoms with Crippen LogP contribution in [0.15, 0.2) is 41.3 Å². The fraction of sp³-hybridized carbons (Fsp3) is 0.481. The molecule has 0 aliphatic rings. The van der Waals surface area contributed by atoms with Crippen molar-refractivity contribution in [2.45, 2.75) is 51.9 Å². The zero-order valence-corrected chi connectivity index (χ0v) is 23.9. The third-order valence-electron chi connectivity index (χ3n) is 6.13. The van der Waals surface area contributed by atoms with Crippen molar-refractivity contribution >= 4 is 42.6 Å². The molecule has 0 fully saturated rings. The molecular formula is C27H38N4O3S2. The number of hydrogen-bond donors (Lipinski definition) is 0. The highest BCUT2D eigenvalue weighted by Gasteiger charge is 2.25. The molecule has 0 aliphatic heterocycles. The van der Waals surface area contributed by atoms with Gasteiger partial charge in [0.15, 0.2) is 5.13 Å². The molecule has 36 heavy (non-hydrogen) atoms. The first-order chi connectivity index (χ1) is 17.1. The Balaban J connectivity index is 1.92. The molecule has 9 heteroatoms. The lowest BCUT2D eigenvalue weighted by atomic mass is 10.1. The van der Waals surface area contributed by atoms with E-state index in [1.807, 2.05) is 34.9 Å². The first-order valence-electron chi connectivity index (χ1n) is 12.5. The highest BCUT2D eigenvalue weighted by Crippen LogP contribution is 2.32. The topological polar surface area (TPSA) is 73.8 Å². The number of thiazole rings is 1. The lowest BCUT2D eigenvalue weighted by molar-refractivity contribution is 0.0986. The zero-order chi connectivity index (χ0) is 26.5. The first kappa shape index (κ1) is 28.2. The second-order valence-electron chi connectivity index (χ2n) is 9.41. The normalized spacial score (nSPS) is 12.1. The standard InChI is InChI=1S/C27H38N4O3S2/c1-7-9-16-30(8-2)36(33,34)23-13-11-22(12-14-23)26(32)31(17-10-15-29(5)6)27-28-25-21(4)18-20(3)19-24(25)35-27/h11-14,18-19H,7-10,15-17H2,1-6H3. The van der Waals surface area contributed by atoms with Crippen molar-refractivity contribution in [2.75, 3.05) is 45.2 Å². The van der Waals surface area contributed by atoms with Crippen molar-refractivity contribution in [1.29, 1.82) is 0 Å². The molecule has 0 radical (unpaired) electrons. The Morgan fingerprint density at radius 1 is 0.972 bits per heavy atom. The van der Waals surface area contributed by atoms with Crippen LogP contribution in [0.25, 0.3) is 10.2 Å². The number of carbonyl (C=O) groups is 1. The van der Waals surface area contributed by atoms with Crippen LogP contribution in [0.2, 0.25) is 0 Å². The van der Waals surface area contributed by atoms with Crippen molar-refractivity contribution in [2.24, 2.45) is 0 Å². The maximum Gasteiger partial charge on any atom is 0.260 e. The third kappa shape index (κ3) is 6.51. The number of nitrogens with zero attached hydrogens (tertiary/aromatic N) is 4. The molecule has 0 aliphatic carbocycles. The number of rotatable bonds is 12. The van der Waals surface area contributed by atoms with Gasteiger partial charge >= 0.3 is 0 Å². The van der Waals surface area contributed by atoms with Gasteiger partial charge in [0, 0.05) is 25.2 Å². The lowest BCUT2D eigenvalue weighted by Gasteiger charge is -2.22. The van der Waals surface area contributed by atoms with Gasteiger partial charge in [-0.2, -0.15) is 4.31 Å². The number of anilines is 1. The van der Waals surface area contributed by atoms with Gasteiger partial charge in [-0.3, -0.25) is 9.69 Å². The summed E-state index contributed by atoms with van der Waals surface area (Å²) in [6.45, 7) is 10.3. The maximum atomic E-state index is 13.7. The average Bonchev–Trinajstić information content (AvgIpc) is 3.25. The number of aromatic nitrogens is 1. The van der Waals surface area contributed by atoms with E-state index in [1.54, 1.807) is 29.2 Å². The fourth-order valence-electron chi connectivity index (χ4n) is 4.16. The molecular weight excluding hydrogens is 492 g/mol. The van der Waals surface area contributed by atoms with Gasteiger partial charge in [-0.1, -0.05) is 37.7 Å². The second kappa shape index (κ2) is 12.3. The van der Waals surface area contributed by atoms with Crippen LogP contribution >= 0.6 is 11.3 Å². The first-order valence-corrected chi connectivity index (χ1v) is 14.8. The smallest absolute Gasteiger partial charge is 0.260 e. The van der Waals surface area contributed by atoms with Gasteiger partial charge in [-0.05, 0) is 88.8 Å². The number of fused-ring (bicyclic) bond motifs is 1. The molecule has 7 nitrogen and oxygen atoms in total. The van der Waals surface area contributed by atoms with Gasteiger partial charge < -0.3 is 4.90 Å². The summed E-state index contributed by atoms with van der Waals surface area (Å²) in [6.07, 6.45) is 2.53.